The van der Waals surface area contributed by atoms with E-state index in [0.717, 1.165) is 10.0 Å². The summed E-state index contributed by atoms with van der Waals surface area (Å²) in [4.78, 5) is 0. The first-order valence-electron chi connectivity index (χ1n) is 5.70. The van der Waals surface area contributed by atoms with Crippen LogP contribution in [0.4, 0.5) is 0 Å². The molecule has 2 rings (SSSR count). The maximum absolute atomic E-state index is 10.4. The lowest BCUT2D eigenvalue weighted by molar-refractivity contribution is 0.202. The van der Waals surface area contributed by atoms with Gasteiger partial charge in [-0.1, -0.05) is 28.1 Å². The van der Waals surface area contributed by atoms with E-state index >= 15 is 0 Å². The minimum absolute atomic E-state index is 0.604. The maximum Gasteiger partial charge on any atom is 0.163 e. The van der Waals surface area contributed by atoms with E-state index in [2.05, 4.69) is 21.0 Å². The Kier molecular flexibility index (Phi) is 4.04. The number of hydrogen-bond acceptors (Lipinski definition) is 3. The molecule has 4 nitrogen and oxygen atoms in total. The van der Waals surface area contributed by atoms with Crippen LogP contribution in [0.3, 0.4) is 0 Å². The largest absolute Gasteiger partial charge is 0.493 e. The molecule has 5 heteroatoms. The van der Waals surface area contributed by atoms with Crippen LogP contribution in [0.1, 0.15) is 24.3 Å². The zero-order valence-corrected chi connectivity index (χ0v) is 11.9. The number of aliphatic hydroxyl groups excluding tert-OH is 1. The lowest BCUT2D eigenvalue weighted by Crippen LogP contribution is -2.10. The van der Waals surface area contributed by atoms with Gasteiger partial charge in [-0.15, -0.1) is 0 Å². The molecule has 1 N–H and O–H groups in total. The molecule has 0 bridgehead atoms. The highest BCUT2D eigenvalue weighted by Crippen LogP contribution is 2.30. The van der Waals surface area contributed by atoms with E-state index < -0.39 is 6.10 Å². The fraction of sp³-hybridized carbons (Fsp3) is 0.308. The molecular formula is C13H15BrN2O2. The summed E-state index contributed by atoms with van der Waals surface area (Å²) in [6.07, 6.45) is 0.886. The second kappa shape index (κ2) is 5.54. The predicted molar refractivity (Wildman–Crippen MR) is 72.7 cm³/mol. The van der Waals surface area contributed by atoms with E-state index in [1.54, 1.807) is 18.0 Å². The number of methoxy groups -OCH3 is 1. The van der Waals surface area contributed by atoms with E-state index in [9.17, 15) is 5.11 Å². The zero-order chi connectivity index (χ0) is 13.1. The van der Waals surface area contributed by atoms with Gasteiger partial charge in [-0.05, 0) is 24.6 Å². The van der Waals surface area contributed by atoms with Gasteiger partial charge in [0, 0.05) is 11.0 Å². The SMILES string of the molecule is CCn1ncc(OC)c1C(O)c1ccc(Br)cc1. The van der Waals surface area contributed by atoms with Gasteiger partial charge in [0.2, 0.25) is 0 Å². The van der Waals surface area contributed by atoms with E-state index in [-0.39, 0.29) is 0 Å². The smallest absolute Gasteiger partial charge is 0.163 e. The Morgan fingerprint density at radius 2 is 2.06 bits per heavy atom. The first-order chi connectivity index (χ1) is 8.67. The van der Waals surface area contributed by atoms with Crippen molar-refractivity contribution in [2.75, 3.05) is 7.11 Å². The van der Waals surface area contributed by atoms with Crippen LogP contribution in [0.2, 0.25) is 0 Å². The number of rotatable bonds is 4. The van der Waals surface area contributed by atoms with Crippen molar-refractivity contribution in [3.8, 4) is 5.75 Å². The number of nitrogens with zero attached hydrogens (tertiary/aromatic N) is 2. The van der Waals surface area contributed by atoms with Gasteiger partial charge in [-0.25, -0.2) is 0 Å². The summed E-state index contributed by atoms with van der Waals surface area (Å²) in [5.74, 6) is 0.604. The summed E-state index contributed by atoms with van der Waals surface area (Å²) in [5, 5.41) is 14.6. The molecule has 0 aliphatic heterocycles. The lowest BCUT2D eigenvalue weighted by Gasteiger charge is -2.14. The Morgan fingerprint density at radius 3 is 2.61 bits per heavy atom. The first-order valence-corrected chi connectivity index (χ1v) is 6.50. The first kappa shape index (κ1) is 13.1. The van der Waals surface area contributed by atoms with Gasteiger partial charge in [0.1, 0.15) is 11.8 Å². The molecule has 1 aromatic heterocycles. The Labute approximate surface area is 114 Å². The molecule has 1 atom stereocenters. The van der Waals surface area contributed by atoms with Crippen LogP contribution in [0.5, 0.6) is 5.75 Å². The van der Waals surface area contributed by atoms with Crippen LogP contribution in [0.15, 0.2) is 34.9 Å². The summed E-state index contributed by atoms with van der Waals surface area (Å²) in [5.41, 5.74) is 1.49. The average molecular weight is 311 g/mol. The number of aromatic nitrogens is 2. The van der Waals surface area contributed by atoms with Gasteiger partial charge in [-0.3, -0.25) is 4.68 Å². The normalized spacial score (nSPS) is 12.4. The zero-order valence-electron chi connectivity index (χ0n) is 10.3. The van der Waals surface area contributed by atoms with Crippen molar-refractivity contribution in [1.82, 2.24) is 9.78 Å². The van der Waals surface area contributed by atoms with Gasteiger partial charge in [0.25, 0.3) is 0 Å². The fourth-order valence-corrected chi connectivity index (χ4v) is 2.13. The molecule has 1 heterocycles. The van der Waals surface area contributed by atoms with E-state index in [4.69, 9.17) is 4.74 Å². The lowest BCUT2D eigenvalue weighted by atomic mass is 10.1. The third kappa shape index (κ3) is 2.42. The van der Waals surface area contributed by atoms with Gasteiger partial charge >= 0.3 is 0 Å². The Balaban J connectivity index is 2.41. The maximum atomic E-state index is 10.4. The Bertz CT molecular complexity index is 501. The van der Waals surface area contributed by atoms with Crippen LogP contribution in [0, 0.1) is 0 Å². The highest BCUT2D eigenvalue weighted by molar-refractivity contribution is 9.10. The van der Waals surface area contributed by atoms with Crippen molar-refractivity contribution in [2.45, 2.75) is 19.6 Å². The van der Waals surface area contributed by atoms with Gasteiger partial charge < -0.3 is 9.84 Å². The number of aliphatic hydroxyl groups is 1. The predicted octanol–water partition coefficient (Wildman–Crippen LogP) is 2.76. The highest BCUT2D eigenvalue weighted by atomic mass is 79.9. The van der Waals surface area contributed by atoms with Crippen LogP contribution in [-0.2, 0) is 6.54 Å². The van der Waals surface area contributed by atoms with E-state index in [1.165, 1.54) is 0 Å². The second-order valence-electron chi connectivity index (χ2n) is 3.87. The van der Waals surface area contributed by atoms with Gasteiger partial charge in [0.05, 0.1) is 13.3 Å². The highest BCUT2D eigenvalue weighted by Gasteiger charge is 2.20. The molecule has 0 aliphatic rings. The van der Waals surface area contributed by atoms with Gasteiger partial charge in [0.15, 0.2) is 5.75 Å². The van der Waals surface area contributed by atoms with Crippen LogP contribution in [-0.4, -0.2) is 22.0 Å². The fourth-order valence-electron chi connectivity index (χ4n) is 1.87. The molecule has 0 aliphatic carbocycles. The monoisotopic (exact) mass is 310 g/mol. The molecule has 1 unspecified atom stereocenters. The summed E-state index contributed by atoms with van der Waals surface area (Å²) >= 11 is 3.38. The molecule has 1 aromatic carbocycles. The molecular weight excluding hydrogens is 296 g/mol. The summed E-state index contributed by atoms with van der Waals surface area (Å²) in [6.45, 7) is 2.66. The minimum Gasteiger partial charge on any atom is -0.493 e. The molecule has 2 aromatic rings. The molecule has 0 fully saturated rings. The van der Waals surface area contributed by atoms with Crippen molar-refractivity contribution in [3.05, 3.63) is 46.2 Å². The van der Waals surface area contributed by atoms with Crippen molar-refractivity contribution < 1.29 is 9.84 Å². The number of halogens is 1. The summed E-state index contributed by atoms with van der Waals surface area (Å²) < 4.78 is 7.96. The number of ether oxygens (including phenoxy) is 1. The van der Waals surface area contributed by atoms with E-state index in [1.807, 2.05) is 31.2 Å². The Morgan fingerprint density at radius 1 is 1.39 bits per heavy atom. The second-order valence-corrected chi connectivity index (χ2v) is 4.78. The average Bonchev–Trinajstić information content (AvgIpc) is 2.81. The Hall–Kier alpha value is -1.33. The van der Waals surface area contributed by atoms with E-state index in [0.29, 0.717) is 18.0 Å². The quantitative estimate of drug-likeness (QED) is 0.944. The van der Waals surface area contributed by atoms with Gasteiger partial charge in [-0.2, -0.15) is 5.10 Å². The molecule has 0 saturated carbocycles. The number of benzene rings is 1. The third-order valence-electron chi connectivity index (χ3n) is 2.81. The number of hydrogen-bond donors (Lipinski definition) is 1. The molecule has 0 spiro atoms. The molecule has 96 valence electrons. The number of aryl methyl sites for hydroxylation is 1. The molecule has 0 radical (unpaired) electrons. The van der Waals surface area contributed by atoms with Crippen molar-refractivity contribution in [1.29, 1.82) is 0 Å². The van der Waals surface area contributed by atoms with Crippen LogP contribution < -0.4 is 4.74 Å². The minimum atomic E-state index is -0.740. The molecule has 0 saturated heterocycles. The summed E-state index contributed by atoms with van der Waals surface area (Å²) in [6, 6.07) is 7.55. The van der Waals surface area contributed by atoms with Crippen molar-refractivity contribution in [3.63, 3.8) is 0 Å². The van der Waals surface area contributed by atoms with Crippen LogP contribution in [0.25, 0.3) is 0 Å². The van der Waals surface area contributed by atoms with Crippen molar-refractivity contribution in [2.24, 2.45) is 0 Å². The van der Waals surface area contributed by atoms with Crippen LogP contribution >= 0.6 is 15.9 Å². The third-order valence-corrected chi connectivity index (χ3v) is 3.34. The standard InChI is InChI=1S/C13H15BrN2O2/c1-3-16-12(11(18-2)8-15-16)13(17)9-4-6-10(14)7-5-9/h4-8,13,17H,3H2,1-2H3. The van der Waals surface area contributed by atoms with Crippen molar-refractivity contribution >= 4 is 15.9 Å². The topological polar surface area (TPSA) is 47.3 Å². The molecule has 0 amide bonds. The molecule has 18 heavy (non-hydrogen) atoms. The summed E-state index contributed by atoms with van der Waals surface area (Å²) in [7, 11) is 1.58.